The summed E-state index contributed by atoms with van der Waals surface area (Å²) >= 11 is 1.08. The minimum atomic E-state index is -1.04. The van der Waals surface area contributed by atoms with Crippen LogP contribution in [0.3, 0.4) is 0 Å². The van der Waals surface area contributed by atoms with E-state index >= 15 is 0 Å². The molecule has 0 fully saturated rings. The maximum absolute atomic E-state index is 10.7. The number of aryl methyl sites for hydroxylation is 2. The Morgan fingerprint density at radius 3 is 2.50 bits per heavy atom. The molecule has 0 aliphatic rings. The topological polar surface area (TPSA) is 72.5 Å². The number of hydrogen-bond donors (Lipinski definition) is 2. The highest BCUT2D eigenvalue weighted by atomic mass is 32.2. The molecule has 0 saturated carbocycles. The van der Waals surface area contributed by atoms with Crippen molar-refractivity contribution in [3.8, 4) is 5.75 Å². The van der Waals surface area contributed by atoms with Gasteiger partial charge in [-0.05, 0) is 37.1 Å². The SMILES string of the molecule is COc1cc(C)c(C)cc1SC(N)C(=O)O. The van der Waals surface area contributed by atoms with Gasteiger partial charge >= 0.3 is 5.97 Å². The summed E-state index contributed by atoms with van der Waals surface area (Å²) in [5, 5.41) is 7.77. The van der Waals surface area contributed by atoms with Gasteiger partial charge < -0.3 is 15.6 Å². The van der Waals surface area contributed by atoms with Gasteiger partial charge in [-0.1, -0.05) is 11.8 Å². The molecule has 0 bridgehead atoms. The van der Waals surface area contributed by atoms with Crippen molar-refractivity contribution in [3.05, 3.63) is 23.3 Å². The fourth-order valence-corrected chi connectivity index (χ4v) is 2.08. The standard InChI is InChI=1S/C11H15NO3S/c1-6-4-8(15-3)9(5-7(6)2)16-10(12)11(13)14/h4-5,10H,12H2,1-3H3,(H,13,14). The van der Waals surface area contributed by atoms with Crippen LogP contribution in [-0.4, -0.2) is 23.6 Å². The number of ether oxygens (including phenoxy) is 1. The first-order valence-electron chi connectivity index (χ1n) is 4.76. The molecule has 5 heteroatoms. The lowest BCUT2D eigenvalue weighted by Gasteiger charge is -2.13. The number of hydrogen-bond acceptors (Lipinski definition) is 4. The fourth-order valence-electron chi connectivity index (χ4n) is 1.20. The summed E-state index contributed by atoms with van der Waals surface area (Å²) in [5.41, 5.74) is 7.65. The Morgan fingerprint density at radius 1 is 1.44 bits per heavy atom. The number of carboxylic acids is 1. The Balaban J connectivity index is 3.03. The lowest BCUT2D eigenvalue weighted by Crippen LogP contribution is -2.26. The lowest BCUT2D eigenvalue weighted by atomic mass is 10.1. The number of rotatable bonds is 4. The molecule has 16 heavy (non-hydrogen) atoms. The molecule has 3 N–H and O–H groups in total. The number of carboxylic acid groups (broad SMARTS) is 1. The fraction of sp³-hybridized carbons (Fsp3) is 0.364. The zero-order chi connectivity index (χ0) is 12.3. The number of thioether (sulfide) groups is 1. The second kappa shape index (κ2) is 5.23. The minimum Gasteiger partial charge on any atom is -0.496 e. The van der Waals surface area contributed by atoms with Crippen molar-refractivity contribution in [2.75, 3.05) is 7.11 Å². The molecule has 1 rings (SSSR count). The van der Waals surface area contributed by atoms with Gasteiger partial charge in [-0.2, -0.15) is 0 Å². The molecular weight excluding hydrogens is 226 g/mol. The van der Waals surface area contributed by atoms with E-state index in [2.05, 4.69) is 0 Å². The van der Waals surface area contributed by atoms with Crippen LogP contribution >= 0.6 is 11.8 Å². The average Bonchev–Trinajstić information content (AvgIpc) is 2.22. The third-order valence-electron chi connectivity index (χ3n) is 2.28. The van der Waals surface area contributed by atoms with Crippen LogP contribution < -0.4 is 10.5 Å². The van der Waals surface area contributed by atoms with Gasteiger partial charge in [0.05, 0.1) is 12.0 Å². The smallest absolute Gasteiger partial charge is 0.331 e. The average molecular weight is 241 g/mol. The van der Waals surface area contributed by atoms with Crippen LogP contribution in [0.1, 0.15) is 11.1 Å². The van der Waals surface area contributed by atoms with E-state index in [4.69, 9.17) is 15.6 Å². The predicted octanol–water partition coefficient (Wildman–Crippen LogP) is 1.77. The number of aliphatic carboxylic acids is 1. The van der Waals surface area contributed by atoms with Crippen molar-refractivity contribution in [2.24, 2.45) is 5.73 Å². The molecule has 0 aliphatic carbocycles. The van der Waals surface area contributed by atoms with E-state index in [1.165, 1.54) is 0 Å². The van der Waals surface area contributed by atoms with E-state index in [1.807, 2.05) is 26.0 Å². The Bertz CT molecular complexity index is 406. The van der Waals surface area contributed by atoms with Crippen LogP contribution in [0, 0.1) is 13.8 Å². The normalized spacial score (nSPS) is 12.2. The first-order chi connectivity index (χ1) is 7.45. The van der Waals surface area contributed by atoms with E-state index in [1.54, 1.807) is 7.11 Å². The molecule has 1 unspecified atom stereocenters. The molecule has 0 heterocycles. The zero-order valence-corrected chi connectivity index (χ0v) is 10.3. The van der Waals surface area contributed by atoms with Crippen LogP contribution in [-0.2, 0) is 4.79 Å². The third kappa shape index (κ3) is 2.90. The Morgan fingerprint density at radius 2 is 2.00 bits per heavy atom. The highest BCUT2D eigenvalue weighted by molar-refractivity contribution is 8.00. The van der Waals surface area contributed by atoms with Crippen molar-refractivity contribution in [3.63, 3.8) is 0 Å². The molecule has 1 aromatic carbocycles. The van der Waals surface area contributed by atoms with Crippen LogP contribution in [0.5, 0.6) is 5.75 Å². The lowest BCUT2D eigenvalue weighted by molar-refractivity contribution is -0.136. The Kier molecular flexibility index (Phi) is 4.20. The summed E-state index contributed by atoms with van der Waals surface area (Å²) in [6, 6.07) is 3.77. The van der Waals surface area contributed by atoms with Gasteiger partial charge in [-0.3, -0.25) is 0 Å². The molecule has 1 aromatic rings. The van der Waals surface area contributed by atoms with Gasteiger partial charge in [0.25, 0.3) is 0 Å². The van der Waals surface area contributed by atoms with Crippen molar-refractivity contribution in [1.82, 2.24) is 0 Å². The van der Waals surface area contributed by atoms with Crippen LogP contribution in [0.2, 0.25) is 0 Å². The third-order valence-corrected chi connectivity index (χ3v) is 3.31. The molecule has 0 aliphatic heterocycles. The summed E-state index contributed by atoms with van der Waals surface area (Å²) in [6.07, 6.45) is 0. The summed E-state index contributed by atoms with van der Waals surface area (Å²) in [6.45, 7) is 3.94. The maximum atomic E-state index is 10.7. The first-order valence-corrected chi connectivity index (χ1v) is 5.64. The Labute approximate surface area is 98.8 Å². The van der Waals surface area contributed by atoms with Gasteiger partial charge in [0, 0.05) is 0 Å². The van der Waals surface area contributed by atoms with Gasteiger partial charge in [-0.25, -0.2) is 4.79 Å². The summed E-state index contributed by atoms with van der Waals surface area (Å²) in [4.78, 5) is 11.4. The highest BCUT2D eigenvalue weighted by Crippen LogP contribution is 2.33. The minimum absolute atomic E-state index is 0.657. The van der Waals surface area contributed by atoms with Crippen LogP contribution in [0.15, 0.2) is 17.0 Å². The van der Waals surface area contributed by atoms with E-state index in [-0.39, 0.29) is 0 Å². The first kappa shape index (κ1) is 12.9. The van der Waals surface area contributed by atoms with Crippen molar-refractivity contribution in [2.45, 2.75) is 24.1 Å². The summed E-state index contributed by atoms with van der Waals surface area (Å²) in [7, 11) is 1.56. The second-order valence-corrected chi connectivity index (χ2v) is 4.65. The van der Waals surface area contributed by atoms with Crippen molar-refractivity contribution in [1.29, 1.82) is 0 Å². The number of carbonyl (C=O) groups is 1. The Hall–Kier alpha value is -1.20. The van der Waals surface area contributed by atoms with E-state index in [0.717, 1.165) is 27.8 Å². The summed E-state index contributed by atoms with van der Waals surface area (Å²) < 4.78 is 5.19. The van der Waals surface area contributed by atoms with Crippen LogP contribution in [0.25, 0.3) is 0 Å². The molecule has 0 saturated heterocycles. The molecule has 0 spiro atoms. The van der Waals surface area contributed by atoms with Crippen molar-refractivity contribution < 1.29 is 14.6 Å². The molecule has 88 valence electrons. The zero-order valence-electron chi connectivity index (χ0n) is 9.48. The maximum Gasteiger partial charge on any atom is 0.331 e. The molecule has 0 aromatic heterocycles. The number of benzene rings is 1. The molecule has 1 atom stereocenters. The second-order valence-electron chi connectivity index (χ2n) is 3.46. The van der Waals surface area contributed by atoms with E-state index in [9.17, 15) is 4.79 Å². The summed E-state index contributed by atoms with van der Waals surface area (Å²) in [5.74, 6) is -0.380. The monoisotopic (exact) mass is 241 g/mol. The molecule has 0 radical (unpaired) electrons. The quantitative estimate of drug-likeness (QED) is 0.621. The van der Waals surface area contributed by atoms with Gasteiger partial charge in [0.1, 0.15) is 5.75 Å². The predicted molar refractivity (Wildman–Crippen MR) is 63.9 cm³/mol. The number of nitrogens with two attached hydrogens (primary N) is 1. The molecular formula is C11H15NO3S. The van der Waals surface area contributed by atoms with E-state index < -0.39 is 11.3 Å². The van der Waals surface area contributed by atoms with E-state index in [0.29, 0.717) is 5.75 Å². The number of methoxy groups -OCH3 is 1. The van der Waals surface area contributed by atoms with Crippen molar-refractivity contribution >= 4 is 17.7 Å². The van der Waals surface area contributed by atoms with Gasteiger partial charge in [0.2, 0.25) is 0 Å². The molecule has 0 amide bonds. The largest absolute Gasteiger partial charge is 0.496 e. The van der Waals surface area contributed by atoms with Gasteiger partial charge in [-0.15, -0.1) is 0 Å². The van der Waals surface area contributed by atoms with Crippen LogP contribution in [0.4, 0.5) is 0 Å². The van der Waals surface area contributed by atoms with Gasteiger partial charge in [0.15, 0.2) is 5.37 Å². The molecule has 4 nitrogen and oxygen atoms in total. The highest BCUT2D eigenvalue weighted by Gasteiger charge is 2.16.